The summed E-state index contributed by atoms with van der Waals surface area (Å²) in [6, 6.07) is 60.4. The van der Waals surface area contributed by atoms with Gasteiger partial charge in [0.15, 0.2) is 0 Å². The normalized spacial score (nSPS) is 11.5. The first kappa shape index (κ1) is 42.5. The zero-order valence-corrected chi connectivity index (χ0v) is 39.4. The van der Waals surface area contributed by atoms with Crippen molar-refractivity contribution >= 4 is 46.0 Å². The first-order chi connectivity index (χ1) is 29.6. The van der Waals surface area contributed by atoms with E-state index in [1.54, 1.807) is 0 Å². The first-order valence-corrected chi connectivity index (χ1v) is 24.7. The summed E-state index contributed by atoms with van der Waals surface area (Å²) in [5.41, 5.74) is 14.1. The van der Waals surface area contributed by atoms with Crippen LogP contribution in [0.25, 0.3) is 83.4 Å². The van der Waals surface area contributed by atoms with Crippen molar-refractivity contribution in [3.8, 4) is 50.6 Å². The molecule has 0 atom stereocenters. The van der Waals surface area contributed by atoms with Gasteiger partial charge in [0.05, 0.1) is 30.6 Å². The number of imidazole rings is 1. The van der Waals surface area contributed by atoms with Crippen LogP contribution in [0.4, 0.5) is 0 Å². The summed E-state index contributed by atoms with van der Waals surface area (Å²) in [5, 5.41) is 4.81. The zero-order valence-electron chi connectivity index (χ0n) is 36.0. The number of pyridine rings is 1. The minimum atomic E-state index is -1.34. The van der Waals surface area contributed by atoms with E-state index in [4.69, 9.17) is 9.40 Å². The quantitative estimate of drug-likeness (QED) is 0.113. The molecule has 6 heteroatoms. The molecule has 0 spiro atoms. The molecule has 0 unspecified atom stereocenters. The molecular weight excluding hydrogens is 951 g/mol. The van der Waals surface area contributed by atoms with Crippen molar-refractivity contribution in [3.05, 3.63) is 193 Å². The average Bonchev–Trinajstić information content (AvgIpc) is 3.86. The number of para-hydroxylation sites is 3. The van der Waals surface area contributed by atoms with Crippen LogP contribution >= 0.6 is 0 Å². The van der Waals surface area contributed by atoms with Gasteiger partial charge in [-0.3, -0.25) is 4.98 Å². The SMILES string of the molecule is CC(C)Cc1cc(-c2[c-]cccc2)ncc1[Si](C)(C)C.Cc1ccc2cc3o[c-]c(-c4nc5ccccc5n4-c4c(-c5ccccc5)cccc4-c4ccccc4)c3cc2c1.[Ir]. The molecule has 7 aromatic carbocycles. The van der Waals surface area contributed by atoms with Crippen LogP contribution in [0.5, 0.6) is 0 Å². The minimum Gasteiger partial charge on any atom is -0.557 e. The summed E-state index contributed by atoms with van der Waals surface area (Å²) < 4.78 is 8.37. The third-order valence-corrected chi connectivity index (χ3v) is 13.3. The smallest absolute Gasteiger partial charge is 0.0798 e. The van der Waals surface area contributed by atoms with Gasteiger partial charge in [-0.1, -0.05) is 183 Å². The van der Waals surface area contributed by atoms with Gasteiger partial charge in [-0.05, 0) is 64.2 Å². The van der Waals surface area contributed by atoms with Gasteiger partial charge in [0, 0.05) is 49.3 Å². The molecule has 10 rings (SSSR count). The van der Waals surface area contributed by atoms with E-state index in [2.05, 4.69) is 208 Å². The van der Waals surface area contributed by atoms with E-state index < -0.39 is 8.07 Å². The molecule has 0 amide bonds. The predicted molar refractivity (Wildman–Crippen MR) is 258 cm³/mol. The van der Waals surface area contributed by atoms with Crippen LogP contribution < -0.4 is 5.19 Å². The van der Waals surface area contributed by atoms with Gasteiger partial charge in [-0.15, -0.1) is 35.9 Å². The van der Waals surface area contributed by atoms with Gasteiger partial charge >= 0.3 is 0 Å². The number of furan rings is 1. The van der Waals surface area contributed by atoms with Crippen molar-refractivity contribution in [3.63, 3.8) is 0 Å². The van der Waals surface area contributed by atoms with Crippen molar-refractivity contribution in [2.45, 2.75) is 46.8 Å². The Balaban J connectivity index is 0.000000214. The van der Waals surface area contributed by atoms with E-state index >= 15 is 0 Å². The minimum absolute atomic E-state index is 0. The van der Waals surface area contributed by atoms with Gasteiger partial charge in [0.1, 0.15) is 0 Å². The number of aryl methyl sites for hydroxylation is 1. The number of nitrogens with zero attached hydrogens (tertiary/aromatic N) is 3. The Morgan fingerprint density at radius 2 is 1.37 bits per heavy atom. The molecule has 10 aromatic rings. The Hall–Kier alpha value is -6.17. The van der Waals surface area contributed by atoms with Crippen LogP contribution in [0.1, 0.15) is 25.0 Å². The van der Waals surface area contributed by atoms with Crippen LogP contribution in [0, 0.1) is 25.2 Å². The second-order valence-electron chi connectivity index (χ2n) is 17.3. The monoisotopic (exact) mass is 1000 g/mol. The molecule has 3 aromatic heterocycles. The van der Waals surface area contributed by atoms with Crippen LogP contribution in [0.2, 0.25) is 19.6 Å². The maximum atomic E-state index is 6.08. The molecule has 0 N–H and O–H groups in total. The summed E-state index contributed by atoms with van der Waals surface area (Å²) in [6.07, 6.45) is 6.49. The maximum absolute atomic E-state index is 6.08. The largest absolute Gasteiger partial charge is 0.557 e. The molecular formula is C56H49IrN3OSi-2. The van der Waals surface area contributed by atoms with E-state index in [-0.39, 0.29) is 20.1 Å². The van der Waals surface area contributed by atoms with Crippen LogP contribution in [-0.4, -0.2) is 22.6 Å². The van der Waals surface area contributed by atoms with E-state index in [0.29, 0.717) is 5.92 Å². The van der Waals surface area contributed by atoms with Gasteiger partial charge in [0.2, 0.25) is 0 Å². The molecule has 62 heavy (non-hydrogen) atoms. The Morgan fingerprint density at radius 3 is 2.03 bits per heavy atom. The summed E-state index contributed by atoms with van der Waals surface area (Å²) in [4.78, 5) is 9.91. The van der Waals surface area contributed by atoms with Gasteiger partial charge in [-0.25, -0.2) is 0 Å². The molecule has 0 aliphatic heterocycles. The Labute approximate surface area is 379 Å². The third-order valence-electron chi connectivity index (χ3n) is 11.3. The Morgan fingerprint density at radius 1 is 0.694 bits per heavy atom. The van der Waals surface area contributed by atoms with Gasteiger partial charge in [0.25, 0.3) is 0 Å². The molecule has 0 saturated heterocycles. The standard InChI is InChI=1S/C38H25N2O.C18H24NSi.Ir/c1-25-19-20-28-23-36-32(22-29(28)21-25)33(24-41-36)38-39-34-17-8-9-18-35(34)40(38)37-30(26-11-4-2-5-12-26)15-10-16-31(37)27-13-6-3-7-14-27;1-14(2)11-16-12-17(15-9-7-6-8-10-15)19-13-18(16)20(3,4)5;/h2-23H,1H3;6-9,12-14H,11H2,1-5H3;/q2*-1;. The predicted octanol–water partition coefficient (Wildman–Crippen LogP) is 14.3. The van der Waals surface area contributed by atoms with Gasteiger partial charge in [-0.2, -0.15) is 0 Å². The molecule has 0 aliphatic rings. The van der Waals surface area contributed by atoms with E-state index in [0.717, 1.165) is 84.4 Å². The topological polar surface area (TPSA) is 43.9 Å². The number of hydrogen-bond acceptors (Lipinski definition) is 3. The van der Waals surface area contributed by atoms with Gasteiger partial charge < -0.3 is 14.0 Å². The van der Waals surface area contributed by atoms with Crippen LogP contribution in [0.3, 0.4) is 0 Å². The van der Waals surface area contributed by atoms with Crippen molar-refractivity contribution in [2.75, 3.05) is 0 Å². The van der Waals surface area contributed by atoms with E-state index in [1.807, 2.05) is 24.3 Å². The van der Waals surface area contributed by atoms with Crippen molar-refractivity contribution in [2.24, 2.45) is 5.92 Å². The van der Waals surface area contributed by atoms with Crippen LogP contribution in [0.15, 0.2) is 174 Å². The second-order valence-corrected chi connectivity index (χ2v) is 22.4. The molecule has 3 heterocycles. The fraction of sp³-hybridized carbons (Fsp3) is 0.143. The van der Waals surface area contributed by atoms with Crippen molar-refractivity contribution < 1.29 is 24.5 Å². The zero-order chi connectivity index (χ0) is 42.1. The summed E-state index contributed by atoms with van der Waals surface area (Å²) in [6.45, 7) is 13.9. The van der Waals surface area contributed by atoms with Crippen molar-refractivity contribution in [1.29, 1.82) is 0 Å². The fourth-order valence-electron chi connectivity index (χ4n) is 8.39. The Kier molecular flexibility index (Phi) is 12.4. The first-order valence-electron chi connectivity index (χ1n) is 21.2. The molecule has 309 valence electrons. The molecule has 1 radical (unpaired) electrons. The average molecular weight is 1000 g/mol. The molecule has 0 bridgehead atoms. The number of hydrogen-bond donors (Lipinski definition) is 0. The van der Waals surface area contributed by atoms with Crippen molar-refractivity contribution in [1.82, 2.24) is 14.5 Å². The van der Waals surface area contributed by atoms with E-state index in [1.165, 1.54) is 21.7 Å². The molecule has 0 fully saturated rings. The number of fused-ring (bicyclic) bond motifs is 3. The van der Waals surface area contributed by atoms with Crippen LogP contribution in [-0.2, 0) is 26.5 Å². The number of rotatable bonds is 8. The maximum Gasteiger partial charge on any atom is 0.0798 e. The molecule has 0 aliphatic carbocycles. The summed E-state index contributed by atoms with van der Waals surface area (Å²) in [7, 11) is -1.34. The van der Waals surface area contributed by atoms with E-state index in [9.17, 15) is 0 Å². The summed E-state index contributed by atoms with van der Waals surface area (Å²) in [5.74, 6) is 1.47. The third kappa shape index (κ3) is 8.64. The fourth-order valence-corrected chi connectivity index (χ4v) is 9.98. The number of benzene rings is 7. The second kappa shape index (κ2) is 18.0. The summed E-state index contributed by atoms with van der Waals surface area (Å²) >= 11 is 0. The Bertz CT molecular complexity index is 3070. The molecule has 4 nitrogen and oxygen atoms in total. The molecule has 0 saturated carbocycles. The number of aromatic nitrogens is 3.